The molecule has 0 aromatic rings. The van der Waals surface area contributed by atoms with Gasteiger partial charge < -0.3 is 10.2 Å². The van der Waals surface area contributed by atoms with Crippen molar-refractivity contribution in [2.45, 2.75) is 25.1 Å². The summed E-state index contributed by atoms with van der Waals surface area (Å²) in [5.74, 6) is 2.24. The Bertz CT molecular complexity index is 231. The minimum Gasteiger partial charge on any atom is -0.340 e. The van der Waals surface area contributed by atoms with Gasteiger partial charge in [-0.2, -0.15) is 11.8 Å². The molecule has 0 spiro atoms. The molecule has 0 saturated carbocycles. The maximum absolute atomic E-state index is 12.9. The van der Waals surface area contributed by atoms with Gasteiger partial charge in [0.25, 0.3) is 0 Å². The van der Waals surface area contributed by atoms with Crippen LogP contribution in [-0.2, 0) is 4.79 Å². The second kappa shape index (κ2) is 5.16. The molecule has 5 heteroatoms. The monoisotopic (exact) mass is 232 g/mol. The number of nitrogens with one attached hydrogen (secondary N) is 1. The summed E-state index contributed by atoms with van der Waals surface area (Å²) in [7, 11) is 0. The Morgan fingerprint density at radius 2 is 2.27 bits per heavy atom. The summed E-state index contributed by atoms with van der Waals surface area (Å²) >= 11 is 1.89. The summed E-state index contributed by atoms with van der Waals surface area (Å²) in [6.45, 7) is 1.98. The Morgan fingerprint density at radius 1 is 1.40 bits per heavy atom. The normalized spacial score (nSPS) is 32.7. The average molecular weight is 232 g/mol. The quantitative estimate of drug-likeness (QED) is 0.720. The topological polar surface area (TPSA) is 32.3 Å². The molecule has 86 valence electrons. The molecular weight excluding hydrogens is 215 g/mol. The lowest BCUT2D eigenvalue weighted by Crippen LogP contribution is -2.44. The highest BCUT2D eigenvalue weighted by atomic mass is 32.2. The van der Waals surface area contributed by atoms with E-state index in [9.17, 15) is 9.18 Å². The molecule has 2 atom stereocenters. The molecular formula is C10H17FN2OS. The van der Waals surface area contributed by atoms with Crippen molar-refractivity contribution in [3.8, 4) is 0 Å². The molecule has 0 aromatic carbocycles. The van der Waals surface area contributed by atoms with Crippen LogP contribution in [-0.4, -0.2) is 54.2 Å². The average Bonchev–Trinajstić information content (AvgIpc) is 2.53. The molecule has 0 aromatic heterocycles. The minimum atomic E-state index is -0.847. The van der Waals surface area contributed by atoms with E-state index in [1.54, 1.807) is 0 Å². The second-order valence-corrected chi connectivity index (χ2v) is 5.31. The molecule has 2 heterocycles. The van der Waals surface area contributed by atoms with E-state index in [0.29, 0.717) is 13.0 Å². The van der Waals surface area contributed by atoms with Gasteiger partial charge in [0, 0.05) is 31.8 Å². The van der Waals surface area contributed by atoms with E-state index >= 15 is 0 Å². The number of hydrogen-bond acceptors (Lipinski definition) is 3. The fraction of sp³-hybridized carbons (Fsp3) is 0.900. The van der Waals surface area contributed by atoms with Crippen LogP contribution in [0.1, 0.15) is 12.8 Å². The summed E-state index contributed by atoms with van der Waals surface area (Å²) in [6, 6.07) is -0.275. The van der Waals surface area contributed by atoms with Crippen LogP contribution in [0.25, 0.3) is 0 Å². The molecule has 2 fully saturated rings. The predicted molar refractivity (Wildman–Crippen MR) is 59.8 cm³/mol. The number of carbonyl (C=O) groups excluding carboxylic acids is 1. The number of thioether (sulfide) groups is 1. The summed E-state index contributed by atoms with van der Waals surface area (Å²) in [5.41, 5.74) is 0. The molecule has 0 radical (unpaired) electrons. The summed E-state index contributed by atoms with van der Waals surface area (Å²) in [6.07, 6.45) is 0.560. The fourth-order valence-corrected chi connectivity index (χ4v) is 2.95. The maximum atomic E-state index is 12.9. The Morgan fingerprint density at radius 3 is 3.00 bits per heavy atom. The summed E-state index contributed by atoms with van der Waals surface area (Å²) < 4.78 is 12.9. The van der Waals surface area contributed by atoms with Gasteiger partial charge in [-0.3, -0.25) is 4.79 Å². The van der Waals surface area contributed by atoms with Crippen molar-refractivity contribution in [2.24, 2.45) is 0 Å². The lowest BCUT2D eigenvalue weighted by atomic mass is 10.2. The van der Waals surface area contributed by atoms with Gasteiger partial charge in [0.15, 0.2) is 0 Å². The molecule has 1 amide bonds. The summed E-state index contributed by atoms with van der Waals surface area (Å²) in [4.78, 5) is 13.9. The minimum absolute atomic E-state index is 0.0950. The zero-order valence-electron chi connectivity index (χ0n) is 8.75. The molecule has 1 N–H and O–H groups in total. The van der Waals surface area contributed by atoms with E-state index in [-0.39, 0.29) is 11.9 Å². The van der Waals surface area contributed by atoms with Crippen molar-refractivity contribution in [3.05, 3.63) is 0 Å². The SMILES string of the molecule is O=C([C@H]1C[C@H](F)CN1)N1CCCSCC1. The highest BCUT2D eigenvalue weighted by Gasteiger charge is 2.32. The van der Waals surface area contributed by atoms with Gasteiger partial charge >= 0.3 is 0 Å². The van der Waals surface area contributed by atoms with Crippen LogP contribution < -0.4 is 5.32 Å². The van der Waals surface area contributed by atoms with Gasteiger partial charge in [-0.15, -0.1) is 0 Å². The number of halogens is 1. The number of hydrogen-bond donors (Lipinski definition) is 1. The zero-order valence-corrected chi connectivity index (χ0v) is 9.56. The smallest absolute Gasteiger partial charge is 0.239 e. The third kappa shape index (κ3) is 2.84. The second-order valence-electron chi connectivity index (χ2n) is 4.09. The van der Waals surface area contributed by atoms with Crippen molar-refractivity contribution >= 4 is 17.7 Å². The van der Waals surface area contributed by atoms with Gasteiger partial charge in [-0.05, 0) is 12.2 Å². The van der Waals surface area contributed by atoms with Crippen LogP contribution in [0.4, 0.5) is 4.39 Å². The van der Waals surface area contributed by atoms with Crippen molar-refractivity contribution < 1.29 is 9.18 Å². The van der Waals surface area contributed by atoms with Gasteiger partial charge in [0.2, 0.25) is 5.91 Å². The first-order valence-corrected chi connectivity index (χ1v) is 6.67. The Balaban J connectivity index is 1.88. The van der Waals surface area contributed by atoms with Crippen LogP contribution in [0.15, 0.2) is 0 Å². The number of nitrogens with zero attached hydrogens (tertiary/aromatic N) is 1. The predicted octanol–water partition coefficient (Wildman–Crippen LogP) is 0.652. The zero-order chi connectivity index (χ0) is 10.7. The van der Waals surface area contributed by atoms with Crippen LogP contribution in [0.5, 0.6) is 0 Å². The van der Waals surface area contributed by atoms with Gasteiger partial charge in [0.1, 0.15) is 6.17 Å². The van der Waals surface area contributed by atoms with Gasteiger partial charge in [-0.25, -0.2) is 4.39 Å². The maximum Gasteiger partial charge on any atom is 0.239 e. The third-order valence-corrected chi connectivity index (χ3v) is 3.96. The van der Waals surface area contributed by atoms with Crippen molar-refractivity contribution in [2.75, 3.05) is 31.1 Å². The van der Waals surface area contributed by atoms with Crippen LogP contribution in [0.2, 0.25) is 0 Å². The first-order valence-electron chi connectivity index (χ1n) is 5.51. The van der Waals surface area contributed by atoms with E-state index in [1.165, 1.54) is 0 Å². The molecule has 2 saturated heterocycles. The number of amides is 1. The highest BCUT2D eigenvalue weighted by Crippen LogP contribution is 2.15. The first-order chi connectivity index (χ1) is 7.27. The van der Waals surface area contributed by atoms with E-state index in [1.807, 2.05) is 16.7 Å². The molecule has 15 heavy (non-hydrogen) atoms. The summed E-state index contributed by atoms with van der Waals surface area (Å²) in [5, 5.41) is 2.95. The van der Waals surface area contributed by atoms with Crippen molar-refractivity contribution in [1.29, 1.82) is 0 Å². The van der Waals surface area contributed by atoms with Crippen LogP contribution in [0, 0.1) is 0 Å². The molecule has 3 nitrogen and oxygen atoms in total. The van der Waals surface area contributed by atoms with E-state index in [2.05, 4.69) is 5.32 Å². The Kier molecular flexibility index (Phi) is 3.86. The molecule has 2 aliphatic rings. The fourth-order valence-electron chi connectivity index (χ4n) is 2.07. The lowest BCUT2D eigenvalue weighted by Gasteiger charge is -2.23. The standard InChI is InChI=1S/C10H17FN2OS/c11-8-6-9(12-7-8)10(14)13-2-1-4-15-5-3-13/h8-9,12H,1-7H2/t8-,9+/m0/s1. The van der Waals surface area contributed by atoms with Gasteiger partial charge in [-0.1, -0.05) is 0 Å². The number of carbonyl (C=O) groups is 1. The number of rotatable bonds is 1. The van der Waals surface area contributed by atoms with Crippen LogP contribution >= 0.6 is 11.8 Å². The van der Waals surface area contributed by atoms with Crippen LogP contribution in [0.3, 0.4) is 0 Å². The lowest BCUT2D eigenvalue weighted by molar-refractivity contribution is -0.132. The molecule has 0 unspecified atom stereocenters. The molecule has 2 rings (SSSR count). The van der Waals surface area contributed by atoms with E-state index < -0.39 is 6.17 Å². The Labute approximate surface area is 93.8 Å². The Hall–Kier alpha value is -0.290. The van der Waals surface area contributed by atoms with Crippen molar-refractivity contribution in [1.82, 2.24) is 10.2 Å². The van der Waals surface area contributed by atoms with Crippen molar-refractivity contribution in [3.63, 3.8) is 0 Å². The molecule has 0 bridgehead atoms. The molecule has 0 aliphatic carbocycles. The first kappa shape index (κ1) is 11.2. The van der Waals surface area contributed by atoms with Gasteiger partial charge in [0.05, 0.1) is 6.04 Å². The highest BCUT2D eigenvalue weighted by molar-refractivity contribution is 7.99. The third-order valence-electron chi connectivity index (χ3n) is 2.91. The molecule has 2 aliphatic heterocycles. The number of alkyl halides is 1. The van der Waals surface area contributed by atoms with E-state index in [0.717, 1.165) is 31.0 Å². The van der Waals surface area contributed by atoms with E-state index in [4.69, 9.17) is 0 Å². The largest absolute Gasteiger partial charge is 0.340 e.